The van der Waals surface area contributed by atoms with Crippen molar-refractivity contribution in [2.45, 2.75) is 53.0 Å². The van der Waals surface area contributed by atoms with Crippen LogP contribution in [0.1, 0.15) is 56.1 Å². The summed E-state index contributed by atoms with van der Waals surface area (Å²) in [5.74, 6) is 1.25. The first-order valence-electron chi connectivity index (χ1n) is 7.42. The molecule has 1 N–H and O–H groups in total. The van der Waals surface area contributed by atoms with Crippen molar-refractivity contribution in [2.75, 3.05) is 11.9 Å². The molecule has 5 heteroatoms. The van der Waals surface area contributed by atoms with Crippen LogP contribution in [0.25, 0.3) is 0 Å². The van der Waals surface area contributed by atoms with E-state index in [-0.39, 0.29) is 5.97 Å². The Hall–Kier alpha value is -1.10. The predicted octanol–water partition coefficient (Wildman–Crippen LogP) is 3.86. The number of carbonyl (C=O) groups is 1. The molecule has 2 rings (SSSR count). The number of aryl methyl sites for hydroxylation is 1. The molecule has 0 bridgehead atoms. The molecule has 3 atom stereocenters. The fraction of sp³-hybridized carbons (Fsp3) is 0.733. The van der Waals surface area contributed by atoms with Crippen molar-refractivity contribution in [3.63, 3.8) is 0 Å². The molecule has 1 saturated carbocycles. The number of hydrogen-bond donors (Lipinski definition) is 1. The number of nitrogens with zero attached hydrogens (tertiary/aromatic N) is 1. The maximum absolute atomic E-state index is 12.0. The summed E-state index contributed by atoms with van der Waals surface area (Å²) in [6, 6.07) is 0.439. The molecule has 1 fully saturated rings. The number of anilines is 1. The molecular weight excluding hydrogens is 272 g/mol. The normalized spacial score (nSPS) is 26.3. The number of aromatic nitrogens is 1. The average molecular weight is 296 g/mol. The number of esters is 1. The van der Waals surface area contributed by atoms with Crippen LogP contribution in [0.3, 0.4) is 0 Å². The monoisotopic (exact) mass is 296 g/mol. The van der Waals surface area contributed by atoms with E-state index in [1.54, 1.807) is 0 Å². The van der Waals surface area contributed by atoms with Crippen molar-refractivity contribution in [1.82, 2.24) is 4.37 Å². The third-order valence-corrected chi connectivity index (χ3v) is 5.15. The van der Waals surface area contributed by atoms with Gasteiger partial charge in [-0.3, -0.25) is 0 Å². The molecule has 1 aliphatic rings. The van der Waals surface area contributed by atoms with E-state index in [1.807, 2.05) is 13.8 Å². The SMILES string of the molecule is CCOC(=O)c1c(C)nsc1NC1CCC(C)C(C)C1. The van der Waals surface area contributed by atoms with Crippen LogP contribution in [0.15, 0.2) is 0 Å². The molecule has 3 unspecified atom stereocenters. The van der Waals surface area contributed by atoms with E-state index in [2.05, 4.69) is 23.5 Å². The van der Waals surface area contributed by atoms with Gasteiger partial charge in [0.2, 0.25) is 0 Å². The Bertz CT molecular complexity index is 472. The highest BCUT2D eigenvalue weighted by atomic mass is 32.1. The summed E-state index contributed by atoms with van der Waals surface area (Å²) >= 11 is 1.36. The first-order chi connectivity index (χ1) is 9.52. The predicted molar refractivity (Wildman–Crippen MR) is 82.4 cm³/mol. The Labute approximate surface area is 125 Å². The molecule has 1 heterocycles. The van der Waals surface area contributed by atoms with Gasteiger partial charge >= 0.3 is 5.97 Å². The summed E-state index contributed by atoms with van der Waals surface area (Å²) in [6.45, 7) is 8.71. The summed E-state index contributed by atoms with van der Waals surface area (Å²) in [5.41, 5.74) is 1.37. The number of nitrogens with one attached hydrogen (secondary N) is 1. The topological polar surface area (TPSA) is 51.2 Å². The minimum atomic E-state index is -0.265. The highest BCUT2D eigenvalue weighted by molar-refractivity contribution is 7.10. The van der Waals surface area contributed by atoms with Crippen molar-refractivity contribution in [2.24, 2.45) is 11.8 Å². The van der Waals surface area contributed by atoms with Crippen LogP contribution in [0.5, 0.6) is 0 Å². The first-order valence-corrected chi connectivity index (χ1v) is 8.20. The number of rotatable bonds is 4. The Morgan fingerprint density at radius 3 is 2.80 bits per heavy atom. The molecule has 0 amide bonds. The summed E-state index contributed by atoms with van der Waals surface area (Å²) in [5, 5.41) is 4.38. The average Bonchev–Trinajstić information content (AvgIpc) is 2.75. The minimum absolute atomic E-state index is 0.265. The van der Waals surface area contributed by atoms with Crippen molar-refractivity contribution in [3.05, 3.63) is 11.3 Å². The molecule has 0 spiro atoms. The minimum Gasteiger partial charge on any atom is -0.462 e. The lowest BCUT2D eigenvalue weighted by atomic mass is 9.79. The van der Waals surface area contributed by atoms with Gasteiger partial charge in [-0.05, 0) is 56.5 Å². The van der Waals surface area contributed by atoms with Gasteiger partial charge in [0.1, 0.15) is 10.6 Å². The molecule has 20 heavy (non-hydrogen) atoms. The van der Waals surface area contributed by atoms with E-state index in [0.29, 0.717) is 18.2 Å². The fourth-order valence-corrected chi connectivity index (χ4v) is 3.64. The van der Waals surface area contributed by atoms with Gasteiger partial charge in [0, 0.05) is 6.04 Å². The second-order valence-corrected chi connectivity index (χ2v) is 6.57. The zero-order valence-electron chi connectivity index (χ0n) is 12.7. The van der Waals surface area contributed by atoms with Crippen molar-refractivity contribution in [3.8, 4) is 0 Å². The highest BCUT2D eigenvalue weighted by Crippen LogP contribution is 2.33. The lowest BCUT2D eigenvalue weighted by Gasteiger charge is -2.32. The van der Waals surface area contributed by atoms with Gasteiger partial charge in [0.15, 0.2) is 0 Å². The van der Waals surface area contributed by atoms with Gasteiger partial charge in [-0.2, -0.15) is 4.37 Å². The first kappa shape index (κ1) is 15.3. The van der Waals surface area contributed by atoms with Gasteiger partial charge in [-0.1, -0.05) is 13.8 Å². The van der Waals surface area contributed by atoms with Crippen molar-refractivity contribution in [1.29, 1.82) is 0 Å². The van der Waals surface area contributed by atoms with Gasteiger partial charge in [0.25, 0.3) is 0 Å². The molecular formula is C15H24N2O2S. The molecule has 0 aromatic carbocycles. The lowest BCUT2D eigenvalue weighted by Crippen LogP contribution is -2.30. The van der Waals surface area contributed by atoms with Gasteiger partial charge in [-0.15, -0.1) is 0 Å². The molecule has 112 valence electrons. The highest BCUT2D eigenvalue weighted by Gasteiger charge is 2.27. The molecule has 1 aromatic heterocycles. The quantitative estimate of drug-likeness (QED) is 0.857. The van der Waals surface area contributed by atoms with Gasteiger partial charge in [-0.25, -0.2) is 4.79 Å². The van der Waals surface area contributed by atoms with Crippen LogP contribution >= 0.6 is 11.5 Å². The van der Waals surface area contributed by atoms with E-state index in [4.69, 9.17) is 4.74 Å². The standard InChI is InChI=1S/C15H24N2O2S/c1-5-19-15(18)13-11(4)17-20-14(13)16-12-7-6-9(2)10(3)8-12/h9-10,12,16H,5-8H2,1-4H3. The van der Waals surface area contributed by atoms with Gasteiger partial charge < -0.3 is 10.1 Å². The Morgan fingerprint density at radius 2 is 2.15 bits per heavy atom. The van der Waals surface area contributed by atoms with E-state index in [0.717, 1.165) is 35.4 Å². The summed E-state index contributed by atoms with van der Waals surface area (Å²) in [7, 11) is 0. The molecule has 0 aliphatic heterocycles. The van der Waals surface area contributed by atoms with E-state index < -0.39 is 0 Å². The van der Waals surface area contributed by atoms with Crippen LogP contribution in [0.2, 0.25) is 0 Å². The molecule has 4 nitrogen and oxygen atoms in total. The molecule has 0 saturated heterocycles. The Morgan fingerprint density at radius 1 is 1.40 bits per heavy atom. The maximum Gasteiger partial charge on any atom is 0.343 e. The van der Waals surface area contributed by atoms with Crippen LogP contribution in [0.4, 0.5) is 5.00 Å². The second-order valence-electron chi connectivity index (χ2n) is 5.80. The summed E-state index contributed by atoms with van der Waals surface area (Å²) in [6.07, 6.45) is 3.55. The third-order valence-electron chi connectivity index (χ3n) is 4.28. The smallest absolute Gasteiger partial charge is 0.343 e. The van der Waals surface area contributed by atoms with Crippen LogP contribution in [-0.4, -0.2) is 23.0 Å². The van der Waals surface area contributed by atoms with Crippen molar-refractivity contribution >= 4 is 22.5 Å². The summed E-state index contributed by atoms with van der Waals surface area (Å²) < 4.78 is 9.42. The largest absolute Gasteiger partial charge is 0.462 e. The fourth-order valence-electron chi connectivity index (χ4n) is 2.78. The molecule has 1 aromatic rings. The Kier molecular flexibility index (Phi) is 5.02. The van der Waals surface area contributed by atoms with Crippen LogP contribution in [0, 0.1) is 18.8 Å². The van der Waals surface area contributed by atoms with Crippen LogP contribution in [-0.2, 0) is 4.74 Å². The Balaban J connectivity index is 2.08. The number of hydrogen-bond acceptors (Lipinski definition) is 5. The van der Waals surface area contributed by atoms with Crippen molar-refractivity contribution < 1.29 is 9.53 Å². The number of carbonyl (C=O) groups excluding carboxylic acids is 1. The van der Waals surface area contributed by atoms with E-state index in [1.165, 1.54) is 18.0 Å². The molecule has 0 radical (unpaired) electrons. The zero-order chi connectivity index (χ0) is 14.7. The third kappa shape index (κ3) is 3.32. The van der Waals surface area contributed by atoms with Gasteiger partial charge in [0.05, 0.1) is 12.3 Å². The molecule has 1 aliphatic carbocycles. The second kappa shape index (κ2) is 6.57. The zero-order valence-corrected chi connectivity index (χ0v) is 13.5. The maximum atomic E-state index is 12.0. The number of ether oxygens (including phenoxy) is 1. The summed E-state index contributed by atoms with van der Waals surface area (Å²) in [4.78, 5) is 12.0. The van der Waals surface area contributed by atoms with E-state index >= 15 is 0 Å². The van der Waals surface area contributed by atoms with Crippen LogP contribution < -0.4 is 5.32 Å². The lowest BCUT2D eigenvalue weighted by molar-refractivity contribution is 0.0527. The van der Waals surface area contributed by atoms with E-state index in [9.17, 15) is 4.79 Å².